The quantitative estimate of drug-likeness (QED) is 0.866. The summed E-state index contributed by atoms with van der Waals surface area (Å²) in [6.45, 7) is 6.78. The highest BCUT2D eigenvalue weighted by Gasteiger charge is 2.34. The Morgan fingerprint density at radius 2 is 1.96 bits per heavy atom. The smallest absolute Gasteiger partial charge is 0.170 e. The van der Waals surface area contributed by atoms with E-state index in [9.17, 15) is 0 Å². The van der Waals surface area contributed by atoms with Crippen molar-refractivity contribution in [1.82, 2.24) is 25.1 Å². The SMILES string of the molecule is Cc1cccc(C)c1-n1nnnc1CN1CCO[C@@H]2CCCC[C@H]21. The Morgan fingerprint density at radius 3 is 2.79 bits per heavy atom. The molecule has 0 radical (unpaired) electrons. The van der Waals surface area contributed by atoms with Gasteiger partial charge in [-0.15, -0.1) is 5.10 Å². The first-order valence-corrected chi connectivity index (χ1v) is 8.93. The Bertz CT molecular complexity index is 691. The Hall–Kier alpha value is -1.79. The van der Waals surface area contributed by atoms with Crippen molar-refractivity contribution in [3.63, 3.8) is 0 Å². The summed E-state index contributed by atoms with van der Waals surface area (Å²) < 4.78 is 7.90. The average molecular weight is 327 g/mol. The van der Waals surface area contributed by atoms with Gasteiger partial charge >= 0.3 is 0 Å². The maximum absolute atomic E-state index is 5.98. The number of tetrazole rings is 1. The highest BCUT2D eigenvalue weighted by atomic mass is 16.5. The van der Waals surface area contributed by atoms with Crippen molar-refractivity contribution < 1.29 is 4.74 Å². The van der Waals surface area contributed by atoms with Gasteiger partial charge < -0.3 is 4.74 Å². The number of para-hydroxylation sites is 1. The van der Waals surface area contributed by atoms with Crippen molar-refractivity contribution in [1.29, 1.82) is 0 Å². The zero-order chi connectivity index (χ0) is 16.5. The van der Waals surface area contributed by atoms with Gasteiger partial charge in [-0.05, 0) is 48.2 Å². The number of morpholine rings is 1. The van der Waals surface area contributed by atoms with Crippen LogP contribution in [0.2, 0.25) is 0 Å². The zero-order valence-electron chi connectivity index (χ0n) is 14.5. The number of rotatable bonds is 3. The molecule has 0 unspecified atom stereocenters. The van der Waals surface area contributed by atoms with Crippen LogP contribution in [0.4, 0.5) is 0 Å². The van der Waals surface area contributed by atoms with E-state index in [2.05, 4.69) is 52.5 Å². The number of hydrogen-bond acceptors (Lipinski definition) is 5. The van der Waals surface area contributed by atoms with Gasteiger partial charge in [0, 0.05) is 12.6 Å². The Labute approximate surface area is 142 Å². The molecule has 2 aromatic rings. The van der Waals surface area contributed by atoms with Crippen LogP contribution in [-0.2, 0) is 11.3 Å². The van der Waals surface area contributed by atoms with Gasteiger partial charge in [0.25, 0.3) is 0 Å². The first kappa shape index (κ1) is 15.7. The molecule has 1 aliphatic heterocycles. The van der Waals surface area contributed by atoms with Crippen LogP contribution >= 0.6 is 0 Å². The average Bonchev–Trinajstić information content (AvgIpc) is 3.03. The number of ether oxygens (including phenoxy) is 1. The van der Waals surface area contributed by atoms with Gasteiger partial charge in [0.2, 0.25) is 0 Å². The Kier molecular flexibility index (Phi) is 4.33. The fraction of sp³-hybridized carbons (Fsp3) is 0.611. The Morgan fingerprint density at radius 1 is 1.17 bits per heavy atom. The maximum Gasteiger partial charge on any atom is 0.170 e. The van der Waals surface area contributed by atoms with Crippen molar-refractivity contribution >= 4 is 0 Å². The van der Waals surface area contributed by atoms with E-state index >= 15 is 0 Å². The highest BCUT2D eigenvalue weighted by molar-refractivity contribution is 5.46. The third-order valence-electron chi connectivity index (χ3n) is 5.38. The molecule has 2 aliphatic rings. The van der Waals surface area contributed by atoms with E-state index in [1.54, 1.807) is 0 Å². The third-order valence-corrected chi connectivity index (χ3v) is 5.38. The van der Waals surface area contributed by atoms with Crippen LogP contribution in [0.1, 0.15) is 42.6 Å². The van der Waals surface area contributed by atoms with Crippen LogP contribution in [0.5, 0.6) is 0 Å². The number of hydrogen-bond donors (Lipinski definition) is 0. The summed E-state index contributed by atoms with van der Waals surface area (Å²) >= 11 is 0. The van der Waals surface area contributed by atoms with Crippen LogP contribution in [0, 0.1) is 13.8 Å². The molecule has 1 saturated heterocycles. The summed E-state index contributed by atoms with van der Waals surface area (Å²) in [5, 5.41) is 12.6. The van der Waals surface area contributed by atoms with Crippen molar-refractivity contribution in [2.45, 2.75) is 58.2 Å². The third kappa shape index (κ3) is 2.84. The standard InChI is InChI=1S/C18H25N5O/c1-13-6-5-7-14(2)18(13)23-17(19-20-21-23)12-22-10-11-24-16-9-4-3-8-15(16)22/h5-7,15-16H,3-4,8-12H2,1-2H3/t15-,16-/m1/s1. The molecule has 2 atom stereocenters. The van der Waals surface area contributed by atoms with Crippen LogP contribution < -0.4 is 0 Å². The molecular weight excluding hydrogens is 302 g/mol. The molecule has 1 saturated carbocycles. The monoisotopic (exact) mass is 327 g/mol. The summed E-state index contributed by atoms with van der Waals surface area (Å²) in [5.41, 5.74) is 3.49. The molecule has 0 N–H and O–H groups in total. The fourth-order valence-corrected chi connectivity index (χ4v) is 4.17. The first-order valence-electron chi connectivity index (χ1n) is 8.93. The number of benzene rings is 1. The molecule has 2 heterocycles. The summed E-state index contributed by atoms with van der Waals surface area (Å²) in [6, 6.07) is 6.81. The molecule has 24 heavy (non-hydrogen) atoms. The molecule has 0 amide bonds. The molecule has 0 spiro atoms. The number of aromatic nitrogens is 4. The lowest BCUT2D eigenvalue weighted by Gasteiger charge is -2.43. The van der Waals surface area contributed by atoms with Crippen LogP contribution in [0.25, 0.3) is 5.69 Å². The van der Waals surface area contributed by atoms with Gasteiger partial charge in [0.15, 0.2) is 5.82 Å². The van der Waals surface area contributed by atoms with Gasteiger partial charge in [-0.1, -0.05) is 31.0 Å². The van der Waals surface area contributed by atoms with E-state index in [1.807, 2.05) is 4.68 Å². The molecule has 1 aromatic carbocycles. The number of fused-ring (bicyclic) bond motifs is 1. The van der Waals surface area contributed by atoms with Crippen molar-refractivity contribution in [3.05, 3.63) is 35.2 Å². The molecule has 4 rings (SSSR count). The summed E-state index contributed by atoms with van der Waals surface area (Å²) in [6.07, 6.45) is 5.37. The van der Waals surface area contributed by atoms with Gasteiger partial charge in [-0.25, -0.2) is 0 Å². The minimum Gasteiger partial charge on any atom is -0.375 e. The number of nitrogens with zero attached hydrogens (tertiary/aromatic N) is 5. The molecule has 128 valence electrons. The first-order chi connectivity index (χ1) is 11.7. The summed E-state index contributed by atoms with van der Waals surface area (Å²) in [4.78, 5) is 2.52. The molecular formula is C18H25N5O. The molecule has 6 heteroatoms. The second-order valence-electron chi connectivity index (χ2n) is 6.98. The summed E-state index contributed by atoms with van der Waals surface area (Å²) in [7, 11) is 0. The summed E-state index contributed by atoms with van der Waals surface area (Å²) in [5.74, 6) is 0.915. The van der Waals surface area contributed by atoms with E-state index in [0.717, 1.165) is 31.2 Å². The Balaban J connectivity index is 1.61. The van der Waals surface area contributed by atoms with Gasteiger partial charge in [0.05, 0.1) is 24.9 Å². The van der Waals surface area contributed by atoms with Crippen LogP contribution in [-0.4, -0.2) is 50.4 Å². The van der Waals surface area contributed by atoms with Crippen molar-refractivity contribution in [2.75, 3.05) is 13.2 Å². The molecule has 1 aliphatic carbocycles. The minimum atomic E-state index is 0.386. The number of aryl methyl sites for hydroxylation is 2. The van der Waals surface area contributed by atoms with E-state index < -0.39 is 0 Å². The van der Waals surface area contributed by atoms with E-state index in [4.69, 9.17) is 4.74 Å². The normalized spacial score (nSPS) is 24.8. The minimum absolute atomic E-state index is 0.386. The second-order valence-corrected chi connectivity index (χ2v) is 6.98. The predicted molar refractivity (Wildman–Crippen MR) is 91.0 cm³/mol. The van der Waals surface area contributed by atoms with E-state index in [1.165, 1.54) is 36.8 Å². The van der Waals surface area contributed by atoms with Crippen LogP contribution in [0.3, 0.4) is 0 Å². The van der Waals surface area contributed by atoms with E-state index in [-0.39, 0.29) is 0 Å². The lowest BCUT2D eigenvalue weighted by atomic mass is 9.90. The fourth-order valence-electron chi connectivity index (χ4n) is 4.17. The molecule has 2 fully saturated rings. The predicted octanol–water partition coefficient (Wildman–Crippen LogP) is 2.42. The van der Waals surface area contributed by atoms with Gasteiger partial charge in [-0.3, -0.25) is 4.90 Å². The van der Waals surface area contributed by atoms with Crippen molar-refractivity contribution in [2.24, 2.45) is 0 Å². The molecule has 6 nitrogen and oxygen atoms in total. The van der Waals surface area contributed by atoms with Crippen LogP contribution in [0.15, 0.2) is 18.2 Å². The maximum atomic E-state index is 5.98. The van der Waals surface area contributed by atoms with Gasteiger partial charge in [0.1, 0.15) is 0 Å². The van der Waals surface area contributed by atoms with Crippen molar-refractivity contribution in [3.8, 4) is 5.69 Å². The highest BCUT2D eigenvalue weighted by Crippen LogP contribution is 2.29. The molecule has 1 aromatic heterocycles. The van der Waals surface area contributed by atoms with E-state index in [0.29, 0.717) is 12.1 Å². The second kappa shape index (κ2) is 6.61. The lowest BCUT2D eigenvalue weighted by Crippen LogP contribution is -2.52. The van der Waals surface area contributed by atoms with Gasteiger partial charge in [-0.2, -0.15) is 4.68 Å². The zero-order valence-corrected chi connectivity index (χ0v) is 14.5. The molecule has 0 bridgehead atoms. The lowest BCUT2D eigenvalue weighted by molar-refractivity contribution is -0.0919. The topological polar surface area (TPSA) is 56.1 Å². The largest absolute Gasteiger partial charge is 0.375 e.